The van der Waals surface area contributed by atoms with E-state index in [-0.39, 0.29) is 19.1 Å². The molecule has 5 aliphatic carbocycles. The van der Waals surface area contributed by atoms with Crippen molar-refractivity contribution in [1.29, 1.82) is 0 Å². The van der Waals surface area contributed by atoms with Crippen molar-refractivity contribution >= 4 is 126 Å². The first kappa shape index (κ1) is 95.9. The average molecular weight is 2010 g/mol. The first-order valence-corrected chi connectivity index (χ1v) is 47.4. The number of carbonyl (C=O) groups excluding carboxylic acids is 2. The number of nitrogens with two attached hydrogens (primary N) is 1. The molecule has 0 aliphatic heterocycles. The van der Waals surface area contributed by atoms with Gasteiger partial charge in [-0.25, -0.2) is 33.7 Å². The number of aromatic hydroxyl groups is 1. The summed E-state index contributed by atoms with van der Waals surface area (Å²) in [4.78, 5) is 66.6. The molecular formula is C109H91F2N27O12. The molecule has 25 rings (SSSR count). The molecular weight excluding hydrogens is 1920 g/mol. The number of likely N-dealkylation sites (N-methyl/N-ethyl adjacent to an activating group) is 1. The molecule has 41 heteroatoms. The van der Waals surface area contributed by atoms with Gasteiger partial charge < -0.3 is 87.4 Å². The van der Waals surface area contributed by atoms with E-state index in [0.717, 1.165) is 192 Å². The van der Waals surface area contributed by atoms with Crippen LogP contribution in [-0.4, -0.2) is 171 Å². The first-order chi connectivity index (χ1) is 73.4. The number of hydrogen-bond donors (Lipinski definition) is 13. The summed E-state index contributed by atoms with van der Waals surface area (Å²) < 4.78 is 59.9. The van der Waals surface area contributed by atoms with Crippen LogP contribution in [0, 0.1) is 11.6 Å². The van der Waals surface area contributed by atoms with Gasteiger partial charge in [0.05, 0.1) is 72.9 Å². The van der Waals surface area contributed by atoms with Crippen molar-refractivity contribution in [3.05, 3.63) is 355 Å². The molecule has 11 heterocycles. The molecule has 0 saturated carbocycles. The number of hydrogen-bond acceptors (Lipinski definition) is 32. The number of rotatable bonds is 22. The Hall–Kier alpha value is -20.3. The Morgan fingerprint density at radius 2 is 0.713 bits per heavy atom. The molecule has 5 aliphatic rings. The van der Waals surface area contributed by atoms with Gasteiger partial charge in [-0.05, 0) is 232 Å². The smallest absolute Gasteiger partial charge is 0.257 e. The van der Waals surface area contributed by atoms with Gasteiger partial charge in [-0.1, -0.05) is 68.2 Å². The maximum Gasteiger partial charge on any atom is 0.257 e. The number of phenols is 1. The van der Waals surface area contributed by atoms with E-state index in [1.54, 1.807) is 124 Å². The minimum Gasteiger partial charge on any atom is -0.505 e. The fraction of sp³-hybridized carbons (Fsp3) is 0.128. The number of nitrogens with one attached hydrogen (secondary N) is 6. The van der Waals surface area contributed by atoms with Gasteiger partial charge in [0.15, 0.2) is 58.8 Å². The topological polar surface area (TPSA) is 507 Å². The third-order valence-corrected chi connectivity index (χ3v) is 26.0. The van der Waals surface area contributed by atoms with Crippen LogP contribution in [0.1, 0.15) is 87.7 Å². The highest BCUT2D eigenvalue weighted by atomic mass is 19.1. The molecule has 0 atom stereocenters. The lowest BCUT2D eigenvalue weighted by Gasteiger charge is -2.11. The predicted molar refractivity (Wildman–Crippen MR) is 559 cm³/mol. The maximum absolute atomic E-state index is 14.8. The normalized spacial score (nSPS) is 14.2. The van der Waals surface area contributed by atoms with Crippen LogP contribution < -0.4 is 51.8 Å². The average Bonchev–Trinajstić information content (AvgIpc) is 1.63. The van der Waals surface area contributed by atoms with E-state index in [0.29, 0.717) is 115 Å². The number of carbonyl (C=O) groups is 2. The van der Waals surface area contributed by atoms with Gasteiger partial charge >= 0.3 is 0 Å². The van der Waals surface area contributed by atoms with Crippen molar-refractivity contribution in [3.8, 4) is 79.5 Å². The van der Waals surface area contributed by atoms with E-state index in [2.05, 4.69) is 116 Å². The Morgan fingerprint density at radius 1 is 0.367 bits per heavy atom. The van der Waals surface area contributed by atoms with E-state index in [1.807, 2.05) is 156 Å². The minimum absolute atomic E-state index is 0.0611. The summed E-state index contributed by atoms with van der Waals surface area (Å²) in [5.41, 5.74) is 32.7. The Balaban J connectivity index is 0.000000110. The van der Waals surface area contributed by atoms with Crippen LogP contribution in [-0.2, 0) is 41.7 Å². The molecule has 0 saturated heterocycles. The van der Waals surface area contributed by atoms with Gasteiger partial charge in [-0.2, -0.15) is 0 Å². The van der Waals surface area contributed by atoms with Gasteiger partial charge in [0.2, 0.25) is 0 Å². The van der Waals surface area contributed by atoms with Gasteiger partial charge in [-0.3, -0.25) is 56.5 Å². The number of anilines is 10. The van der Waals surface area contributed by atoms with Crippen molar-refractivity contribution in [3.63, 3.8) is 0 Å². The molecule has 39 nitrogen and oxygen atoms in total. The number of ether oxygens (including phenoxy) is 3. The summed E-state index contributed by atoms with van der Waals surface area (Å²) in [5.74, 6) is 3.65. The molecule has 0 fully saturated rings. The fourth-order valence-corrected chi connectivity index (χ4v) is 18.7. The van der Waals surface area contributed by atoms with Crippen LogP contribution in [0.2, 0.25) is 0 Å². The SMILES string of the molecule is CNC(=O)COc1cccc(-c2nc3cnccn3c2Nc2ccc3c(c2)CCC3=NO)c1.COc1ccc(-c2nc3cnccn3c2Nc2ccc3c(c2)CC/C3=N\O)c(F)c1.NC(=O)COc1ccc(-c2nc3cnccn3c2Nc2ccc3c(c2)CCC3=NO)cc1.O/N=C1\CCc2cc(Nc3c(-c4ccco4)nc4cnccn34)ccc21.ON=C1CCc2cc(Nc3c(-c4ccc(O)c(F)c4)nc4cnccn34)ccc21. The number of aromatic nitrogens is 15. The zero-order chi connectivity index (χ0) is 103. The Labute approximate surface area is 850 Å². The second kappa shape index (κ2) is 42.3. The van der Waals surface area contributed by atoms with Gasteiger partial charge in [-0.15, -0.1) is 0 Å². The monoisotopic (exact) mass is 2010 g/mol. The standard InChI is InChI=1S/C24H22N6O3.C23H20N6O3.C22H18FN5O2.C21H16FN5O2.C19H15N5O2/c1-25-22(31)14-33-18-4-2-3-16(12-18)23-24(30-10-9-26-13-21(30)28-23)27-17-6-7-19-15(11-17)5-8-20(19)29-32;24-20(30)13-32-17-5-1-14(2-6-17)22-23(29-10-9-25-12-21(29)27-22)26-16-4-7-18-15(11-16)3-8-19(18)28-31;1-30-15-4-6-17(18(23)11-15)21-22(28-9-8-24-12-20(28)26-21)25-14-3-5-16-13(10-14)2-7-19(16)27-29;22-16-10-13(2-6-18(16)28)20-21(27-8-7-23-11-19(27)25-20)24-14-3-4-15-12(9-14)1-5-17(15)26-29;25-23-15-6-3-12-10-13(4-5-14(12)15)21-19-18(16-2-1-9-26-16)22-17-11-20-7-8-24(17)19/h2-4,6-7,9-13,27,32H,5,8,14H2,1H3,(H,25,31);1-2,4-7,9-12,26,31H,3,8,13H2,(H2,24,30);3-6,8-12,25,29H,2,7H2,1H3;2-4,6-11,24,28-29H,1,5H2;1-2,4-5,7-11,21,25H,3,6H2/b;;27-19+;;23-15+. The van der Waals surface area contributed by atoms with Crippen LogP contribution in [0.3, 0.4) is 0 Å². The molecule has 14 N–H and O–H groups in total. The number of imidazole rings is 5. The summed E-state index contributed by atoms with van der Waals surface area (Å²) in [6.07, 6.45) is 35.3. The second-order valence-corrected chi connectivity index (χ2v) is 35.0. The molecule has 0 radical (unpaired) electrons. The Morgan fingerprint density at radius 3 is 1.07 bits per heavy atom. The lowest BCUT2D eigenvalue weighted by atomic mass is 10.1. The van der Waals surface area contributed by atoms with Crippen LogP contribution in [0.4, 0.5) is 66.3 Å². The van der Waals surface area contributed by atoms with E-state index in [9.17, 15) is 33.9 Å². The first-order valence-electron chi connectivity index (χ1n) is 47.4. The highest BCUT2D eigenvalue weighted by Crippen LogP contribution is 2.43. The third kappa shape index (κ3) is 19.8. The molecule has 150 heavy (non-hydrogen) atoms. The second-order valence-electron chi connectivity index (χ2n) is 35.0. The van der Waals surface area contributed by atoms with E-state index in [1.165, 1.54) is 25.3 Å². The van der Waals surface area contributed by atoms with Crippen LogP contribution in [0.5, 0.6) is 23.0 Å². The number of methoxy groups -OCH3 is 1. The van der Waals surface area contributed by atoms with Crippen LogP contribution in [0.15, 0.2) is 317 Å². The number of amides is 2. The zero-order valence-electron chi connectivity index (χ0n) is 80.0. The molecule has 2 amide bonds. The highest BCUT2D eigenvalue weighted by Gasteiger charge is 2.30. The maximum atomic E-state index is 14.8. The molecule has 0 spiro atoms. The van der Waals surface area contributed by atoms with Gasteiger partial charge in [0.25, 0.3) is 11.8 Å². The third-order valence-electron chi connectivity index (χ3n) is 26.0. The molecule has 9 aromatic carbocycles. The zero-order valence-corrected chi connectivity index (χ0v) is 80.0. The van der Waals surface area contributed by atoms with Crippen molar-refractivity contribution in [1.82, 2.24) is 77.2 Å². The summed E-state index contributed by atoms with van der Waals surface area (Å²) in [6.45, 7) is -0.235. The van der Waals surface area contributed by atoms with E-state index >= 15 is 0 Å². The predicted octanol–water partition coefficient (Wildman–Crippen LogP) is 18.9. The molecule has 0 unspecified atom stereocenters. The number of halogens is 2. The largest absolute Gasteiger partial charge is 0.505 e. The molecule has 0 bridgehead atoms. The number of aryl methyl sites for hydroxylation is 5. The van der Waals surface area contributed by atoms with E-state index in [4.69, 9.17) is 50.0 Å². The van der Waals surface area contributed by atoms with Crippen molar-refractivity contribution in [2.24, 2.45) is 31.5 Å². The molecule has 748 valence electrons. The summed E-state index contributed by atoms with van der Waals surface area (Å²) in [5, 5.41) is 91.9. The molecule has 20 aromatic rings. The lowest BCUT2D eigenvalue weighted by molar-refractivity contribution is -0.122. The lowest BCUT2D eigenvalue weighted by Crippen LogP contribution is -2.24. The van der Waals surface area contributed by atoms with Crippen molar-refractivity contribution < 1.29 is 68.1 Å². The number of fused-ring (bicyclic) bond motifs is 10. The minimum atomic E-state index is -0.711. The number of furan rings is 1. The van der Waals surface area contributed by atoms with Gasteiger partial charge in [0, 0.05) is 154 Å². The number of oxime groups is 5. The van der Waals surface area contributed by atoms with E-state index < -0.39 is 23.3 Å². The highest BCUT2D eigenvalue weighted by molar-refractivity contribution is 6.08. The number of primary amides is 1. The number of phenolic OH excluding ortho intramolecular Hbond substituents is 1. The van der Waals surface area contributed by atoms with Crippen molar-refractivity contribution in [2.75, 3.05) is 54.0 Å². The Bertz CT molecular complexity index is 8760. The van der Waals surface area contributed by atoms with Crippen LogP contribution >= 0.6 is 0 Å². The summed E-state index contributed by atoms with van der Waals surface area (Å²) in [6, 6.07) is 57.1. The number of benzene rings is 9. The van der Waals surface area contributed by atoms with Crippen LogP contribution in [0.25, 0.3) is 84.7 Å². The van der Waals surface area contributed by atoms with Crippen molar-refractivity contribution in [2.45, 2.75) is 64.2 Å². The van der Waals surface area contributed by atoms with Gasteiger partial charge in [0.1, 0.15) is 80.6 Å². The summed E-state index contributed by atoms with van der Waals surface area (Å²) in [7, 11) is 3.07. The molecule has 11 aromatic heterocycles. The quantitative estimate of drug-likeness (QED) is 0.0221. The summed E-state index contributed by atoms with van der Waals surface area (Å²) >= 11 is 0. The Kier molecular flexibility index (Phi) is 27.1. The fourth-order valence-electron chi connectivity index (χ4n) is 18.7. The number of nitrogens with zero attached hydrogens (tertiary/aromatic N) is 20.